The van der Waals surface area contributed by atoms with Gasteiger partial charge in [0.2, 0.25) is 0 Å². The van der Waals surface area contributed by atoms with E-state index in [-0.39, 0.29) is 25.0 Å². The highest BCUT2D eigenvalue weighted by Crippen LogP contribution is 2.44. The van der Waals surface area contributed by atoms with Crippen molar-refractivity contribution in [3.8, 4) is 0 Å². The van der Waals surface area contributed by atoms with Gasteiger partial charge in [-0.25, -0.2) is 4.99 Å². The highest BCUT2D eigenvalue weighted by atomic mass is 35.5. The van der Waals surface area contributed by atoms with E-state index < -0.39 is 36.4 Å². The van der Waals surface area contributed by atoms with Crippen molar-refractivity contribution in [1.29, 1.82) is 0 Å². The van der Waals surface area contributed by atoms with Gasteiger partial charge in [-0.3, -0.25) is 14.6 Å². The number of aromatic nitrogens is 1. The Morgan fingerprint density at radius 1 is 1.24 bits per heavy atom. The van der Waals surface area contributed by atoms with Crippen LogP contribution in [0.1, 0.15) is 58.7 Å². The maximum absolute atomic E-state index is 12.6. The van der Waals surface area contributed by atoms with Crippen LogP contribution in [-0.2, 0) is 33.3 Å². The van der Waals surface area contributed by atoms with E-state index >= 15 is 0 Å². The van der Waals surface area contributed by atoms with E-state index in [1.165, 1.54) is 0 Å². The fourth-order valence-electron chi connectivity index (χ4n) is 4.63. The molecule has 1 unspecified atom stereocenters. The maximum atomic E-state index is 12.6. The molecule has 0 bridgehead atoms. The molecule has 5 atom stereocenters. The maximum Gasteiger partial charge on any atom is 0.323 e. The van der Waals surface area contributed by atoms with Gasteiger partial charge in [-0.2, -0.15) is 0 Å². The number of aliphatic imine (C=N–C) groups is 2. The van der Waals surface area contributed by atoms with Gasteiger partial charge < -0.3 is 33.6 Å². The number of fused-ring (bicyclic) bond motifs is 1. The molecule has 0 radical (unpaired) electrons. The number of esters is 2. The summed E-state index contributed by atoms with van der Waals surface area (Å²) in [5.41, 5.74) is 0.628. The first-order chi connectivity index (χ1) is 17.6. The fourth-order valence-corrected chi connectivity index (χ4v) is 4.78. The van der Waals surface area contributed by atoms with Gasteiger partial charge in [0.1, 0.15) is 35.3 Å². The Morgan fingerprint density at radius 3 is 2.59 bits per heavy atom. The second-order valence-corrected chi connectivity index (χ2v) is 9.53. The van der Waals surface area contributed by atoms with Crippen molar-refractivity contribution in [3.05, 3.63) is 17.8 Å². The normalized spacial score (nSPS) is 25.5. The molecule has 206 valence electrons. The second-order valence-electron chi connectivity index (χ2n) is 9.17. The first kappa shape index (κ1) is 29.2. The minimum absolute atomic E-state index is 0.222. The molecule has 0 spiro atoms. The molecule has 3 heterocycles. The Balaban J connectivity index is 1.75. The number of halogens is 1. The van der Waals surface area contributed by atoms with Gasteiger partial charge in [0.05, 0.1) is 18.8 Å². The summed E-state index contributed by atoms with van der Waals surface area (Å²) in [6.07, 6.45) is 1.04. The molecule has 3 rings (SSSR count). The monoisotopic (exact) mass is 540 g/mol. The van der Waals surface area contributed by atoms with Crippen LogP contribution < -0.4 is 5.32 Å². The number of hydrogen-bond donors (Lipinski definition) is 1. The largest absolute Gasteiger partial charge is 0.466 e. The van der Waals surface area contributed by atoms with Gasteiger partial charge in [-0.15, -0.1) is 0 Å². The minimum atomic E-state index is -0.823. The minimum Gasteiger partial charge on any atom is -0.466 e. The lowest BCUT2D eigenvalue weighted by atomic mass is 10.1. The third kappa shape index (κ3) is 6.97. The molecule has 37 heavy (non-hydrogen) atoms. The Labute approximate surface area is 222 Å². The van der Waals surface area contributed by atoms with Gasteiger partial charge in [0.15, 0.2) is 12.0 Å². The molecule has 12 heteroatoms. The Bertz CT molecular complexity index is 996. The number of carbonyl (C=O) groups excluding carboxylic acids is 2. The van der Waals surface area contributed by atoms with Crippen LogP contribution in [0.15, 0.2) is 22.2 Å². The molecule has 1 N–H and O–H groups in total. The third-order valence-electron chi connectivity index (χ3n) is 6.17. The number of rotatable bonds is 13. The van der Waals surface area contributed by atoms with Crippen LogP contribution >= 0.6 is 11.6 Å². The van der Waals surface area contributed by atoms with Crippen molar-refractivity contribution in [1.82, 2.24) is 9.88 Å². The molecule has 0 saturated carbocycles. The molecular weight excluding hydrogens is 504 g/mol. The van der Waals surface area contributed by atoms with E-state index in [1.54, 1.807) is 37.7 Å². The summed E-state index contributed by atoms with van der Waals surface area (Å²) in [5, 5.41) is 3.56. The number of carbonyl (C=O) groups is 2. The van der Waals surface area contributed by atoms with Crippen LogP contribution in [0.5, 0.6) is 0 Å². The summed E-state index contributed by atoms with van der Waals surface area (Å²) in [6.45, 7) is 11.8. The molecule has 11 nitrogen and oxygen atoms in total. The van der Waals surface area contributed by atoms with Crippen molar-refractivity contribution < 1.29 is 33.3 Å². The zero-order valence-electron chi connectivity index (χ0n) is 22.1. The van der Waals surface area contributed by atoms with Crippen molar-refractivity contribution >= 4 is 41.2 Å². The third-order valence-corrected chi connectivity index (χ3v) is 6.54. The lowest BCUT2D eigenvalue weighted by Gasteiger charge is -2.26. The average Bonchev–Trinajstić information content (AvgIpc) is 3.51. The number of hydrogen-bond acceptors (Lipinski definition) is 10. The molecule has 2 aliphatic rings. The zero-order valence-corrected chi connectivity index (χ0v) is 22.8. The highest BCUT2D eigenvalue weighted by molar-refractivity contribution is 6.70. The second kappa shape index (κ2) is 13.0. The quantitative estimate of drug-likeness (QED) is 0.299. The molecule has 0 amide bonds. The Morgan fingerprint density at radius 2 is 1.95 bits per heavy atom. The van der Waals surface area contributed by atoms with Gasteiger partial charge >= 0.3 is 11.9 Å². The Hall–Kier alpha value is -2.31. The summed E-state index contributed by atoms with van der Waals surface area (Å²) in [5.74, 6) is -0.997. The number of nitrogens with zero attached hydrogens (tertiary/aromatic N) is 3. The topological polar surface area (TPSA) is 122 Å². The number of ether oxygens (including phenoxy) is 5. The first-order valence-corrected chi connectivity index (χ1v) is 12.9. The molecule has 2 aliphatic heterocycles. The summed E-state index contributed by atoms with van der Waals surface area (Å²) in [6, 6.07) is 1.18. The van der Waals surface area contributed by atoms with Crippen LogP contribution in [0.2, 0.25) is 0 Å². The SMILES string of the molecule is C=Nc1c(/C(Cl)=N\C)ccn1[C@@H]1O[C@H](CNC(CCCC(=O)OCC)C(=O)OCC)[C@H]2OC(C)(C)O[C@H]21. The molecule has 1 aromatic rings. The van der Waals surface area contributed by atoms with E-state index in [0.717, 1.165) is 0 Å². The van der Waals surface area contributed by atoms with Crippen molar-refractivity contribution in [2.75, 3.05) is 26.8 Å². The number of nitrogens with one attached hydrogen (secondary N) is 1. The first-order valence-electron chi connectivity index (χ1n) is 12.5. The van der Waals surface area contributed by atoms with Crippen molar-refractivity contribution in [2.24, 2.45) is 9.98 Å². The summed E-state index contributed by atoms with van der Waals surface area (Å²) >= 11 is 6.27. The predicted octanol–water partition coefficient (Wildman–Crippen LogP) is 3.11. The molecule has 2 saturated heterocycles. The van der Waals surface area contributed by atoms with E-state index in [1.807, 2.05) is 13.8 Å². The Kier molecular flexibility index (Phi) is 10.3. The van der Waals surface area contributed by atoms with Crippen LogP contribution in [-0.4, -0.2) is 85.3 Å². The van der Waals surface area contributed by atoms with Gasteiger partial charge in [-0.1, -0.05) is 11.6 Å². The van der Waals surface area contributed by atoms with E-state index in [0.29, 0.717) is 42.5 Å². The summed E-state index contributed by atoms with van der Waals surface area (Å²) in [7, 11) is 1.60. The molecule has 0 aliphatic carbocycles. The fraction of sp³-hybridized carbons (Fsp3) is 0.680. The molecule has 0 aromatic carbocycles. The highest BCUT2D eigenvalue weighted by Gasteiger charge is 2.56. The van der Waals surface area contributed by atoms with Gasteiger partial charge in [0, 0.05) is 26.2 Å². The zero-order chi connectivity index (χ0) is 27.2. The lowest BCUT2D eigenvalue weighted by molar-refractivity contribution is -0.196. The van der Waals surface area contributed by atoms with Crippen LogP contribution in [0.3, 0.4) is 0 Å². The van der Waals surface area contributed by atoms with Gasteiger partial charge in [0.25, 0.3) is 0 Å². The van der Waals surface area contributed by atoms with Crippen molar-refractivity contribution in [3.63, 3.8) is 0 Å². The standard InChI is InChI=1S/C25H37ClN4O7/c1-7-33-18(31)11-9-10-16(24(32)34-8-2)29-14-17-19-20(37-25(3,4)36-19)23(35-17)30-13-12-15(21(26)27-5)22(30)28-6/h12-13,16-17,19-20,23,29H,6-11,14H2,1-5H3/b27-21+/t16?,17-,19-,20-,23-/m1/s1. The molecule has 2 fully saturated rings. The van der Waals surface area contributed by atoms with E-state index in [9.17, 15) is 9.59 Å². The van der Waals surface area contributed by atoms with Crippen molar-refractivity contribution in [2.45, 2.75) is 83.3 Å². The summed E-state index contributed by atoms with van der Waals surface area (Å²) < 4.78 is 30.8. The lowest BCUT2D eigenvalue weighted by Crippen LogP contribution is -2.45. The average molecular weight is 541 g/mol. The molecule has 1 aromatic heterocycles. The van der Waals surface area contributed by atoms with Crippen LogP contribution in [0, 0.1) is 0 Å². The smallest absolute Gasteiger partial charge is 0.323 e. The van der Waals surface area contributed by atoms with Gasteiger partial charge in [-0.05, 0) is 53.3 Å². The molecular formula is C25H37ClN4O7. The van der Waals surface area contributed by atoms with Crippen LogP contribution in [0.25, 0.3) is 0 Å². The van der Waals surface area contributed by atoms with Crippen LogP contribution in [0.4, 0.5) is 5.82 Å². The van der Waals surface area contributed by atoms with E-state index in [4.69, 9.17) is 35.3 Å². The predicted molar refractivity (Wildman–Crippen MR) is 139 cm³/mol. The van der Waals surface area contributed by atoms with E-state index in [2.05, 4.69) is 22.0 Å². The summed E-state index contributed by atoms with van der Waals surface area (Å²) in [4.78, 5) is 32.5.